The number of aryl methyl sites for hydroxylation is 1. The number of rotatable bonds is 5. The summed E-state index contributed by atoms with van der Waals surface area (Å²) < 4.78 is 47.8. The fourth-order valence-corrected chi connectivity index (χ4v) is 5.65. The van der Waals surface area contributed by atoms with Crippen LogP contribution in [-0.2, 0) is 0 Å². The molecule has 2 aromatic heterocycles. The Morgan fingerprint density at radius 3 is 2.72 bits per heavy atom. The predicted octanol–water partition coefficient (Wildman–Crippen LogP) is 4.35. The zero-order valence-corrected chi connectivity index (χ0v) is 20.6. The van der Waals surface area contributed by atoms with E-state index < -0.39 is 40.9 Å². The summed E-state index contributed by atoms with van der Waals surface area (Å²) in [6, 6.07) is 6.28. The van der Waals surface area contributed by atoms with Crippen molar-refractivity contribution in [1.82, 2.24) is 14.7 Å². The van der Waals surface area contributed by atoms with Crippen LogP contribution in [0.1, 0.15) is 64.5 Å². The number of pyridine rings is 1. The Kier molecular flexibility index (Phi) is 6.82. The number of nitrogen functional groups attached to an aromatic ring is 1. The van der Waals surface area contributed by atoms with Gasteiger partial charge in [0.25, 0.3) is 5.91 Å². The Balaban J connectivity index is 1.77. The lowest BCUT2D eigenvalue weighted by atomic mass is 9.86. The number of thioether (sulfide) groups is 1. The highest BCUT2D eigenvalue weighted by Gasteiger charge is 2.44. The van der Waals surface area contributed by atoms with Gasteiger partial charge >= 0.3 is 6.18 Å². The Morgan fingerprint density at radius 2 is 2.03 bits per heavy atom. The molecule has 3 N–H and O–H groups in total. The van der Waals surface area contributed by atoms with Gasteiger partial charge in [-0.3, -0.25) is 14.3 Å². The zero-order chi connectivity index (χ0) is 26.4. The van der Waals surface area contributed by atoms with Crippen LogP contribution in [0.15, 0.2) is 50.7 Å². The molecule has 0 saturated carbocycles. The van der Waals surface area contributed by atoms with E-state index in [4.69, 9.17) is 10.4 Å². The molecule has 4 rings (SSSR count). The van der Waals surface area contributed by atoms with Gasteiger partial charge < -0.3 is 20.4 Å². The van der Waals surface area contributed by atoms with Crippen LogP contribution in [0, 0.1) is 6.92 Å². The third-order valence-corrected chi connectivity index (χ3v) is 7.61. The van der Waals surface area contributed by atoms with E-state index in [1.54, 1.807) is 18.7 Å². The average molecular weight is 523 g/mol. The van der Waals surface area contributed by atoms with Crippen molar-refractivity contribution < 1.29 is 27.6 Å². The topological polar surface area (TPSA) is 115 Å². The van der Waals surface area contributed by atoms with Gasteiger partial charge in [-0.2, -0.15) is 13.2 Å². The molecule has 8 nitrogen and oxygen atoms in total. The van der Waals surface area contributed by atoms with Crippen LogP contribution < -0.4 is 11.3 Å². The molecule has 0 spiro atoms. The van der Waals surface area contributed by atoms with Crippen molar-refractivity contribution in [3.8, 4) is 5.75 Å². The Morgan fingerprint density at radius 1 is 1.33 bits per heavy atom. The molecule has 36 heavy (non-hydrogen) atoms. The van der Waals surface area contributed by atoms with Gasteiger partial charge in [0, 0.05) is 35.2 Å². The van der Waals surface area contributed by atoms with E-state index in [2.05, 4.69) is 5.16 Å². The minimum Gasteiger partial charge on any atom is -0.502 e. The minimum absolute atomic E-state index is 0.0767. The van der Waals surface area contributed by atoms with E-state index in [0.717, 1.165) is 35.2 Å². The predicted molar refractivity (Wildman–Crippen MR) is 127 cm³/mol. The lowest BCUT2D eigenvalue weighted by Gasteiger charge is -2.32. The second kappa shape index (κ2) is 9.57. The fraction of sp³-hybridized carbons (Fsp3) is 0.375. The molecule has 1 amide bonds. The number of hydrogen-bond acceptors (Lipinski definition) is 7. The van der Waals surface area contributed by atoms with E-state index in [1.165, 1.54) is 0 Å². The zero-order valence-electron chi connectivity index (χ0n) is 19.7. The molecule has 3 atom stereocenters. The number of nitrogens with zero attached hydrogens (tertiary/aromatic N) is 3. The lowest BCUT2D eigenvalue weighted by Crippen LogP contribution is -2.49. The molecule has 1 unspecified atom stereocenters. The minimum atomic E-state index is -4.76. The molecule has 0 fully saturated rings. The van der Waals surface area contributed by atoms with Gasteiger partial charge in [-0.15, -0.1) is 11.8 Å². The molecule has 1 aliphatic rings. The van der Waals surface area contributed by atoms with E-state index in [9.17, 15) is 27.9 Å². The van der Waals surface area contributed by atoms with Crippen LogP contribution in [0.3, 0.4) is 0 Å². The standard InChI is InChI=1S/C24H25F3N4O4S/c1-12-19-16(15-6-4-5-7-18(15)36-13(2)22(19)35-29-12)8-10-30(14(3)24(25,26)27)23(34)20-21(33)17(32)9-11-31(20)28/h4-7,9,11,13-14,16,33H,8,10,28H2,1-3H3/t13?,14-,16-/m1/s1. The number of hydrogen-bond donors (Lipinski definition) is 2. The summed E-state index contributed by atoms with van der Waals surface area (Å²) in [6.07, 6.45) is -3.64. The first kappa shape index (κ1) is 25.7. The SMILES string of the molecule is Cc1noc2c1[C@H](CCN(C(=O)c1c(O)c(=O)ccn1N)[C@H](C)C(F)(F)F)c1ccccc1SC2C. The number of benzene rings is 1. The molecule has 192 valence electrons. The maximum Gasteiger partial charge on any atom is 0.408 e. The second-order valence-corrected chi connectivity index (χ2v) is 10.1. The van der Waals surface area contributed by atoms with Crippen molar-refractivity contribution in [2.75, 3.05) is 12.4 Å². The third kappa shape index (κ3) is 4.57. The van der Waals surface area contributed by atoms with Gasteiger partial charge in [-0.25, -0.2) is 0 Å². The molecular weight excluding hydrogens is 497 g/mol. The summed E-state index contributed by atoms with van der Waals surface area (Å²) in [5.41, 5.74) is 0.659. The van der Waals surface area contributed by atoms with Crippen molar-refractivity contribution in [3.63, 3.8) is 0 Å². The van der Waals surface area contributed by atoms with Crippen LogP contribution in [0.5, 0.6) is 5.75 Å². The number of aromatic hydroxyl groups is 1. The van der Waals surface area contributed by atoms with Crippen molar-refractivity contribution in [3.05, 3.63) is 75.0 Å². The van der Waals surface area contributed by atoms with Crippen LogP contribution in [-0.4, -0.2) is 44.5 Å². The van der Waals surface area contributed by atoms with Gasteiger partial charge in [0.2, 0.25) is 5.43 Å². The summed E-state index contributed by atoms with van der Waals surface area (Å²) in [7, 11) is 0. The lowest BCUT2D eigenvalue weighted by molar-refractivity contribution is -0.172. The number of carbonyl (C=O) groups excluding carboxylic acids is 1. The highest BCUT2D eigenvalue weighted by molar-refractivity contribution is 7.99. The molecule has 1 aliphatic heterocycles. The van der Waals surface area contributed by atoms with Crippen LogP contribution in [0.2, 0.25) is 0 Å². The van der Waals surface area contributed by atoms with Gasteiger partial charge in [0.15, 0.2) is 17.2 Å². The van der Waals surface area contributed by atoms with E-state index >= 15 is 0 Å². The molecule has 0 saturated heterocycles. The van der Waals surface area contributed by atoms with E-state index in [-0.39, 0.29) is 18.2 Å². The number of fused-ring (bicyclic) bond motifs is 2. The summed E-state index contributed by atoms with van der Waals surface area (Å²) >= 11 is 1.56. The van der Waals surface area contributed by atoms with Crippen molar-refractivity contribution in [2.45, 2.75) is 55.5 Å². The van der Waals surface area contributed by atoms with E-state index in [1.807, 2.05) is 31.2 Å². The number of nitrogens with two attached hydrogens (primary N) is 1. The second-order valence-electron chi connectivity index (χ2n) is 8.69. The number of carbonyl (C=O) groups is 1. The first-order valence-electron chi connectivity index (χ1n) is 11.2. The largest absolute Gasteiger partial charge is 0.502 e. The summed E-state index contributed by atoms with van der Waals surface area (Å²) in [4.78, 5) is 26.8. The highest BCUT2D eigenvalue weighted by Crippen LogP contribution is 2.49. The molecule has 0 radical (unpaired) electrons. The van der Waals surface area contributed by atoms with Crippen molar-refractivity contribution in [1.29, 1.82) is 0 Å². The first-order valence-corrected chi connectivity index (χ1v) is 12.1. The van der Waals surface area contributed by atoms with Crippen molar-refractivity contribution >= 4 is 17.7 Å². The molecule has 12 heteroatoms. The number of alkyl halides is 3. The highest BCUT2D eigenvalue weighted by atomic mass is 32.2. The van der Waals surface area contributed by atoms with Crippen molar-refractivity contribution in [2.24, 2.45) is 0 Å². The van der Waals surface area contributed by atoms with Crippen LogP contribution in [0.25, 0.3) is 0 Å². The molecule has 3 heterocycles. The Hall–Kier alpha value is -3.41. The van der Waals surface area contributed by atoms with Gasteiger partial charge in [-0.1, -0.05) is 23.4 Å². The summed E-state index contributed by atoms with van der Waals surface area (Å²) in [5.74, 6) is 3.73. The maximum atomic E-state index is 13.8. The normalized spacial score (nSPS) is 18.2. The van der Waals surface area contributed by atoms with Crippen LogP contribution in [0.4, 0.5) is 13.2 Å². The average Bonchev–Trinajstić information content (AvgIpc) is 3.15. The van der Waals surface area contributed by atoms with Gasteiger partial charge in [0.1, 0.15) is 6.04 Å². The molecular formula is C24H25F3N4O4S. The molecule has 3 aromatic rings. The molecule has 0 aliphatic carbocycles. The summed E-state index contributed by atoms with van der Waals surface area (Å²) in [5, 5.41) is 14.2. The fourth-order valence-electron chi connectivity index (χ4n) is 4.49. The third-order valence-electron chi connectivity index (χ3n) is 6.42. The van der Waals surface area contributed by atoms with Crippen LogP contribution >= 0.6 is 11.8 Å². The number of aromatic nitrogens is 2. The monoisotopic (exact) mass is 522 g/mol. The Labute approximate surface area is 208 Å². The molecule has 0 bridgehead atoms. The van der Waals surface area contributed by atoms with Gasteiger partial charge in [-0.05, 0) is 38.8 Å². The number of halogens is 3. The summed E-state index contributed by atoms with van der Waals surface area (Å²) in [6.45, 7) is 4.25. The van der Waals surface area contributed by atoms with Gasteiger partial charge in [0.05, 0.1) is 10.9 Å². The Bertz CT molecular complexity index is 1350. The smallest absolute Gasteiger partial charge is 0.408 e. The first-order chi connectivity index (χ1) is 16.9. The quantitative estimate of drug-likeness (QED) is 0.479. The maximum absolute atomic E-state index is 13.8. The molecule has 1 aromatic carbocycles. The van der Waals surface area contributed by atoms with E-state index in [0.29, 0.717) is 21.0 Å². The number of amides is 1.